The average molecular weight is 567 g/mol. The van der Waals surface area contributed by atoms with Crippen molar-refractivity contribution in [2.75, 3.05) is 19.6 Å². The van der Waals surface area contributed by atoms with Gasteiger partial charge in [0, 0.05) is 35.7 Å². The minimum Gasteiger partial charge on any atom is -0.465 e. The van der Waals surface area contributed by atoms with E-state index in [4.69, 9.17) is 0 Å². The van der Waals surface area contributed by atoms with Gasteiger partial charge in [0.25, 0.3) is 5.91 Å². The second-order valence-electron chi connectivity index (χ2n) is 9.77. The molecule has 1 aromatic heterocycles. The SMILES string of the molecule is O=C(O)N[C@H]1CCCC[C@@H]1n1cnc(C(=O)N2CCNC[C@H]2Cc2ccccc2Br)c1-c1ccccc1. The molecule has 5 rings (SSSR count). The van der Waals surface area contributed by atoms with Gasteiger partial charge in [-0.3, -0.25) is 4.79 Å². The van der Waals surface area contributed by atoms with Crippen LogP contribution in [0, 0.1) is 0 Å². The maximum atomic E-state index is 14.1. The molecule has 1 aliphatic carbocycles. The van der Waals surface area contributed by atoms with Crippen LogP contribution in [0.3, 0.4) is 0 Å². The molecule has 2 aromatic carbocycles. The molecule has 0 radical (unpaired) electrons. The second-order valence-corrected chi connectivity index (χ2v) is 10.6. The van der Waals surface area contributed by atoms with Crippen LogP contribution in [0.25, 0.3) is 11.3 Å². The van der Waals surface area contributed by atoms with E-state index < -0.39 is 6.09 Å². The first kappa shape index (κ1) is 25.5. The zero-order valence-corrected chi connectivity index (χ0v) is 22.2. The third-order valence-electron chi connectivity index (χ3n) is 7.46. The highest BCUT2D eigenvalue weighted by atomic mass is 79.9. The number of imidazole rings is 1. The van der Waals surface area contributed by atoms with E-state index in [2.05, 4.69) is 37.6 Å². The molecular formula is C28H32BrN5O3. The minimum atomic E-state index is -1.02. The molecule has 1 saturated carbocycles. The molecule has 194 valence electrons. The minimum absolute atomic E-state index is 0.00942. The van der Waals surface area contributed by atoms with Crippen molar-refractivity contribution in [1.29, 1.82) is 0 Å². The van der Waals surface area contributed by atoms with E-state index in [1.54, 1.807) is 6.33 Å². The number of benzene rings is 2. The van der Waals surface area contributed by atoms with Crippen LogP contribution >= 0.6 is 15.9 Å². The Balaban J connectivity index is 1.51. The number of nitrogens with one attached hydrogen (secondary N) is 2. The molecule has 1 saturated heterocycles. The van der Waals surface area contributed by atoms with Gasteiger partial charge in [0.05, 0.1) is 24.1 Å². The van der Waals surface area contributed by atoms with Gasteiger partial charge in [-0.05, 0) is 30.9 Å². The predicted molar refractivity (Wildman–Crippen MR) is 146 cm³/mol. The summed E-state index contributed by atoms with van der Waals surface area (Å²) >= 11 is 3.65. The standard InChI is InChI=1S/C28H32BrN5O3/c29-22-11-5-4-10-20(22)16-21-17-30-14-15-33(21)27(35)25-26(19-8-2-1-3-9-19)34(18-31-25)24-13-7-6-12-23(24)32-28(36)37/h1-5,8-11,18,21,23-24,30,32H,6-7,12-17H2,(H,36,37)/t21-,23+,24+/m1/s1. The van der Waals surface area contributed by atoms with Gasteiger partial charge in [0.2, 0.25) is 0 Å². The third kappa shape index (κ3) is 5.57. The Bertz CT molecular complexity index is 1250. The summed E-state index contributed by atoms with van der Waals surface area (Å²) in [5.41, 5.74) is 3.24. The van der Waals surface area contributed by atoms with Crippen molar-refractivity contribution >= 4 is 27.9 Å². The number of carbonyl (C=O) groups excluding carboxylic acids is 1. The zero-order chi connectivity index (χ0) is 25.8. The summed E-state index contributed by atoms with van der Waals surface area (Å²) in [6.07, 6.45) is 5.00. The van der Waals surface area contributed by atoms with Crippen molar-refractivity contribution in [3.8, 4) is 11.3 Å². The molecule has 2 heterocycles. The first-order valence-electron chi connectivity index (χ1n) is 12.9. The normalized spacial score (nSPS) is 22.0. The largest absolute Gasteiger partial charge is 0.465 e. The number of hydrogen-bond donors (Lipinski definition) is 3. The first-order chi connectivity index (χ1) is 18.0. The molecule has 2 aliphatic rings. The van der Waals surface area contributed by atoms with Gasteiger partial charge in [-0.15, -0.1) is 0 Å². The molecule has 1 aliphatic heterocycles. The zero-order valence-electron chi connectivity index (χ0n) is 20.6. The van der Waals surface area contributed by atoms with Crippen LogP contribution < -0.4 is 10.6 Å². The highest BCUT2D eigenvalue weighted by Gasteiger charge is 2.35. The van der Waals surface area contributed by atoms with Crippen LogP contribution in [0.15, 0.2) is 65.4 Å². The number of nitrogens with zero attached hydrogens (tertiary/aromatic N) is 3. The molecule has 3 atom stereocenters. The van der Waals surface area contributed by atoms with E-state index >= 15 is 0 Å². The van der Waals surface area contributed by atoms with Gasteiger partial charge in [0.15, 0.2) is 5.69 Å². The summed E-state index contributed by atoms with van der Waals surface area (Å²) in [6, 6.07) is 17.6. The molecular weight excluding hydrogens is 534 g/mol. The maximum Gasteiger partial charge on any atom is 0.404 e. The summed E-state index contributed by atoms with van der Waals surface area (Å²) < 4.78 is 3.07. The van der Waals surface area contributed by atoms with Gasteiger partial charge in [-0.25, -0.2) is 9.78 Å². The molecule has 0 spiro atoms. The van der Waals surface area contributed by atoms with Gasteiger partial charge >= 0.3 is 6.09 Å². The van der Waals surface area contributed by atoms with E-state index in [-0.39, 0.29) is 24.0 Å². The van der Waals surface area contributed by atoms with Crippen molar-refractivity contribution in [2.24, 2.45) is 0 Å². The van der Waals surface area contributed by atoms with Crippen LogP contribution in [-0.2, 0) is 6.42 Å². The Kier molecular flexibility index (Phi) is 7.90. The molecule has 3 aromatic rings. The molecule has 2 amide bonds. The molecule has 2 fully saturated rings. The van der Waals surface area contributed by atoms with Crippen molar-refractivity contribution in [3.63, 3.8) is 0 Å². The average Bonchev–Trinajstić information content (AvgIpc) is 3.35. The lowest BCUT2D eigenvalue weighted by Crippen LogP contribution is -2.54. The van der Waals surface area contributed by atoms with E-state index in [1.165, 1.54) is 0 Å². The summed E-state index contributed by atoms with van der Waals surface area (Å²) in [5, 5.41) is 15.6. The number of aromatic nitrogens is 2. The Morgan fingerprint density at radius 3 is 2.62 bits per heavy atom. The van der Waals surface area contributed by atoms with Gasteiger partial charge < -0.3 is 25.2 Å². The number of halogens is 1. The summed E-state index contributed by atoms with van der Waals surface area (Å²) in [7, 11) is 0. The van der Waals surface area contributed by atoms with E-state index in [0.717, 1.165) is 59.9 Å². The van der Waals surface area contributed by atoms with Crippen LogP contribution in [-0.4, -0.2) is 63.3 Å². The van der Waals surface area contributed by atoms with Gasteiger partial charge in [-0.1, -0.05) is 77.3 Å². The first-order valence-corrected chi connectivity index (χ1v) is 13.7. The van der Waals surface area contributed by atoms with Crippen molar-refractivity contribution in [1.82, 2.24) is 25.1 Å². The summed E-state index contributed by atoms with van der Waals surface area (Å²) in [6.45, 7) is 2.04. The van der Waals surface area contributed by atoms with Crippen LogP contribution in [0.5, 0.6) is 0 Å². The van der Waals surface area contributed by atoms with Crippen molar-refractivity contribution < 1.29 is 14.7 Å². The molecule has 0 bridgehead atoms. The quantitative estimate of drug-likeness (QED) is 0.401. The van der Waals surface area contributed by atoms with Crippen molar-refractivity contribution in [2.45, 2.75) is 50.2 Å². The lowest BCUT2D eigenvalue weighted by molar-refractivity contribution is 0.0631. The van der Waals surface area contributed by atoms with Crippen molar-refractivity contribution in [3.05, 3.63) is 76.7 Å². The Morgan fingerprint density at radius 2 is 1.84 bits per heavy atom. The fourth-order valence-corrected chi connectivity index (χ4v) is 6.13. The topological polar surface area (TPSA) is 99.5 Å². The number of carboxylic acid groups (broad SMARTS) is 1. The lowest BCUT2D eigenvalue weighted by atomic mass is 9.89. The predicted octanol–water partition coefficient (Wildman–Crippen LogP) is 4.72. The monoisotopic (exact) mass is 565 g/mol. The maximum absolute atomic E-state index is 14.1. The number of piperazine rings is 1. The number of amides is 2. The smallest absolute Gasteiger partial charge is 0.404 e. The number of rotatable bonds is 6. The molecule has 3 N–H and O–H groups in total. The van der Waals surface area contributed by atoms with E-state index in [9.17, 15) is 14.7 Å². The van der Waals surface area contributed by atoms with Gasteiger partial charge in [-0.2, -0.15) is 0 Å². The summed E-state index contributed by atoms with van der Waals surface area (Å²) in [5.74, 6) is -0.0882. The fourth-order valence-electron chi connectivity index (χ4n) is 5.69. The number of carbonyl (C=O) groups is 2. The van der Waals surface area contributed by atoms with E-state index in [0.29, 0.717) is 18.8 Å². The van der Waals surface area contributed by atoms with Crippen LogP contribution in [0.4, 0.5) is 4.79 Å². The summed E-state index contributed by atoms with van der Waals surface area (Å²) in [4.78, 5) is 32.3. The third-order valence-corrected chi connectivity index (χ3v) is 8.24. The highest BCUT2D eigenvalue weighted by molar-refractivity contribution is 9.10. The Hall–Kier alpha value is -3.17. The number of hydrogen-bond acceptors (Lipinski definition) is 4. The van der Waals surface area contributed by atoms with Gasteiger partial charge in [0.1, 0.15) is 0 Å². The fraction of sp³-hybridized carbons (Fsp3) is 0.393. The highest BCUT2D eigenvalue weighted by Crippen LogP contribution is 2.35. The van der Waals surface area contributed by atoms with Crippen LogP contribution in [0.1, 0.15) is 47.8 Å². The lowest BCUT2D eigenvalue weighted by Gasteiger charge is -2.37. The van der Waals surface area contributed by atoms with E-state index in [1.807, 2.05) is 58.0 Å². The molecule has 8 nitrogen and oxygen atoms in total. The Morgan fingerprint density at radius 1 is 1.08 bits per heavy atom. The molecule has 37 heavy (non-hydrogen) atoms. The second kappa shape index (κ2) is 11.5. The van der Waals surface area contributed by atoms with Crippen LogP contribution in [0.2, 0.25) is 0 Å². The molecule has 0 unspecified atom stereocenters. The Labute approximate surface area is 225 Å². The molecule has 9 heteroatoms.